The van der Waals surface area contributed by atoms with Crippen LogP contribution in [0.1, 0.15) is 64.5 Å². The third-order valence-electron chi connectivity index (χ3n) is 10.2. The van der Waals surface area contributed by atoms with Gasteiger partial charge in [0.05, 0.1) is 29.9 Å². The Bertz CT molecular complexity index is 1720. The highest BCUT2D eigenvalue weighted by Crippen LogP contribution is 2.47. The summed E-state index contributed by atoms with van der Waals surface area (Å²) in [4.78, 5) is 29.2. The molecule has 0 unspecified atom stereocenters. The van der Waals surface area contributed by atoms with E-state index >= 15 is 0 Å². The lowest BCUT2D eigenvalue weighted by molar-refractivity contribution is -0.137. The van der Waals surface area contributed by atoms with Gasteiger partial charge < -0.3 is 24.4 Å². The molecular weight excluding hydrogens is 652 g/mol. The molecule has 2 aliphatic heterocycles. The van der Waals surface area contributed by atoms with Gasteiger partial charge in [-0.1, -0.05) is 29.8 Å². The fourth-order valence-electron chi connectivity index (χ4n) is 7.49. The maximum atomic E-state index is 14.8. The number of rotatable bonds is 3. The zero-order valence-electron chi connectivity index (χ0n) is 28.4. The van der Waals surface area contributed by atoms with Crippen LogP contribution in [0.15, 0.2) is 57.8 Å². The normalized spacial score (nSPS) is 30.5. The van der Waals surface area contributed by atoms with Gasteiger partial charge in [-0.3, -0.25) is 4.79 Å². The van der Waals surface area contributed by atoms with E-state index in [9.17, 15) is 13.8 Å². The third kappa shape index (κ3) is 6.97. The first-order chi connectivity index (χ1) is 22.8. The van der Waals surface area contributed by atoms with Crippen molar-refractivity contribution >= 4 is 39.1 Å². The predicted octanol–water partition coefficient (Wildman–Crippen LogP) is 6.20. The van der Waals surface area contributed by atoms with Gasteiger partial charge >= 0.3 is 6.03 Å². The van der Waals surface area contributed by atoms with E-state index in [4.69, 9.17) is 25.8 Å². The Kier molecular flexibility index (Phi) is 9.88. The van der Waals surface area contributed by atoms with Gasteiger partial charge in [-0.05, 0) is 113 Å². The summed E-state index contributed by atoms with van der Waals surface area (Å²) >= 11 is 6.45. The van der Waals surface area contributed by atoms with Gasteiger partial charge in [-0.15, -0.1) is 4.36 Å². The minimum Gasteiger partial charge on any atom is -0.490 e. The molecular formula is C36H47ClN4O6S. The number of amides is 3. The van der Waals surface area contributed by atoms with Gasteiger partial charge in [0, 0.05) is 36.7 Å². The van der Waals surface area contributed by atoms with Crippen molar-refractivity contribution in [3.8, 4) is 5.75 Å². The number of carbonyl (C=O) groups is 2. The summed E-state index contributed by atoms with van der Waals surface area (Å²) in [5, 5.41) is 3.44. The van der Waals surface area contributed by atoms with Crippen LogP contribution in [0, 0.1) is 11.8 Å². The van der Waals surface area contributed by atoms with E-state index in [-0.39, 0.29) is 29.1 Å². The zero-order chi connectivity index (χ0) is 34.3. The van der Waals surface area contributed by atoms with E-state index in [1.165, 1.54) is 11.1 Å². The number of benzene rings is 2. The molecule has 0 aromatic heterocycles. The molecule has 2 bridgehead atoms. The summed E-state index contributed by atoms with van der Waals surface area (Å²) in [7, 11) is -2.08. The molecule has 3 amide bonds. The van der Waals surface area contributed by atoms with Crippen molar-refractivity contribution in [2.75, 3.05) is 38.3 Å². The number of aryl methyl sites for hydroxylation is 1. The first-order valence-corrected chi connectivity index (χ1v) is 18.8. The number of hydrogen-bond donors (Lipinski definition) is 2. The second-order valence-electron chi connectivity index (χ2n) is 14.3. The van der Waals surface area contributed by atoms with Crippen LogP contribution in [0.25, 0.3) is 0 Å². The van der Waals surface area contributed by atoms with E-state index in [0.29, 0.717) is 30.7 Å². The van der Waals surface area contributed by atoms with E-state index in [1.807, 2.05) is 18.2 Å². The van der Waals surface area contributed by atoms with E-state index in [1.54, 1.807) is 53.0 Å². The zero-order valence-corrected chi connectivity index (χ0v) is 30.0. The number of urea groups is 1. The molecule has 10 nitrogen and oxygen atoms in total. The van der Waals surface area contributed by atoms with Crippen LogP contribution >= 0.6 is 11.6 Å². The summed E-state index contributed by atoms with van der Waals surface area (Å²) in [5.41, 5.74) is 1.54. The van der Waals surface area contributed by atoms with Crippen molar-refractivity contribution in [2.24, 2.45) is 16.2 Å². The summed E-state index contributed by atoms with van der Waals surface area (Å²) in [6, 6.07) is 10.5. The molecule has 12 heteroatoms. The van der Waals surface area contributed by atoms with E-state index in [0.717, 1.165) is 49.4 Å². The number of hydrogen-bond acceptors (Lipinski definition) is 7. The van der Waals surface area contributed by atoms with Crippen molar-refractivity contribution < 1.29 is 28.0 Å². The highest BCUT2D eigenvalue weighted by molar-refractivity contribution is 7.92. The van der Waals surface area contributed by atoms with Gasteiger partial charge in [-0.25, -0.2) is 13.7 Å². The molecule has 2 aromatic rings. The average Bonchev–Trinajstić information content (AvgIpc) is 3.16. The maximum Gasteiger partial charge on any atom is 0.327 e. The van der Waals surface area contributed by atoms with E-state index in [2.05, 4.69) is 31.4 Å². The van der Waals surface area contributed by atoms with Crippen LogP contribution < -0.4 is 19.7 Å². The minimum absolute atomic E-state index is 0.105. The monoisotopic (exact) mass is 698 g/mol. The Morgan fingerprint density at radius 2 is 2.00 bits per heavy atom. The molecule has 48 heavy (non-hydrogen) atoms. The molecule has 2 heterocycles. The number of fused-ring (bicyclic) bond motifs is 4. The fourth-order valence-corrected chi connectivity index (χ4v) is 9.24. The van der Waals surface area contributed by atoms with Crippen molar-refractivity contribution in [1.29, 1.82) is 0 Å². The Labute approximate surface area is 289 Å². The van der Waals surface area contributed by atoms with Crippen LogP contribution in [0.5, 0.6) is 5.75 Å². The molecule has 2 aromatic carbocycles. The maximum absolute atomic E-state index is 14.8. The molecule has 1 spiro atoms. The first kappa shape index (κ1) is 34.7. The smallest absolute Gasteiger partial charge is 0.327 e. The molecule has 1 saturated carbocycles. The number of halogens is 1. The van der Waals surface area contributed by atoms with Crippen LogP contribution in [0.3, 0.4) is 0 Å². The molecule has 260 valence electrons. The Morgan fingerprint density at radius 1 is 1.19 bits per heavy atom. The van der Waals surface area contributed by atoms with Gasteiger partial charge in [0.1, 0.15) is 11.4 Å². The van der Waals surface area contributed by atoms with Crippen molar-refractivity contribution in [1.82, 2.24) is 10.0 Å². The molecule has 0 radical (unpaired) electrons. The van der Waals surface area contributed by atoms with Gasteiger partial charge in [0.25, 0.3) is 5.91 Å². The van der Waals surface area contributed by atoms with Gasteiger partial charge in [0.15, 0.2) is 9.92 Å². The van der Waals surface area contributed by atoms with Crippen LogP contribution in [-0.2, 0) is 36.0 Å². The quantitative estimate of drug-likeness (QED) is 0.367. The molecule has 5 atom stereocenters. The molecule has 1 fully saturated rings. The molecule has 4 aliphatic rings. The Balaban J connectivity index is 1.50. The predicted molar refractivity (Wildman–Crippen MR) is 187 cm³/mol. The molecule has 0 saturated heterocycles. The number of methoxy groups -OCH3 is 1. The lowest BCUT2D eigenvalue weighted by Gasteiger charge is -2.46. The highest BCUT2D eigenvalue weighted by atomic mass is 35.5. The topological polar surface area (TPSA) is 119 Å². The minimum atomic E-state index is -3.81. The largest absolute Gasteiger partial charge is 0.490 e. The fraction of sp³-hybridized carbons (Fsp3) is 0.556. The average molecular weight is 699 g/mol. The lowest BCUT2D eigenvalue weighted by atomic mass is 9.68. The van der Waals surface area contributed by atoms with Crippen LogP contribution in [0.4, 0.5) is 10.5 Å². The molecule has 2 N–H and O–H groups in total. The SMILES string of the molecule is CO[C@H]1/C=C/COC(C)(C)C(=O)N=[S@@](=O)(NC(=O)NC(C)C)c2ccc3c(c2)N(C[C@@H]2CC[C@H]21)C[C@@]1(CCCc2cc(Cl)ccc21)CO3. The Morgan fingerprint density at radius 3 is 2.73 bits per heavy atom. The van der Waals surface area contributed by atoms with E-state index < -0.39 is 27.5 Å². The van der Waals surface area contributed by atoms with Gasteiger partial charge in [0.2, 0.25) is 0 Å². The molecule has 2 aliphatic carbocycles. The summed E-state index contributed by atoms with van der Waals surface area (Å²) in [6.07, 6.45) is 8.78. The van der Waals surface area contributed by atoms with Crippen molar-refractivity contribution in [2.45, 2.75) is 87.9 Å². The number of carbonyl (C=O) groups excluding carboxylic acids is 2. The van der Waals surface area contributed by atoms with Gasteiger partial charge in [-0.2, -0.15) is 0 Å². The lowest BCUT2D eigenvalue weighted by Crippen LogP contribution is -2.49. The standard InChI is InChI=1S/C36H47ClN4O6S/c1-23(2)38-34(43)40-48(44)27-12-15-32-30(19-27)41(21-36(22-46-32)16-6-8-24-18-26(37)11-14-29(24)36)20-25-10-13-28(25)31(45-5)9-7-17-47-35(3,4)33(42)39-48/h7,9,11-12,14-15,18-19,23,25,28,31H,6,8,10,13,16-17,20-22H2,1-5H3,(H2,38,39,40,42,43,44)/b9-7+/t25-,28+,31-,36-,48+/m0/s1. The van der Waals surface area contributed by atoms with Crippen LogP contribution in [0.2, 0.25) is 5.02 Å². The highest BCUT2D eigenvalue weighted by Gasteiger charge is 2.44. The number of nitrogens with zero attached hydrogens (tertiary/aromatic N) is 2. The summed E-state index contributed by atoms with van der Waals surface area (Å²) < 4.78 is 40.1. The van der Waals surface area contributed by atoms with Crippen LogP contribution in [-0.4, -0.2) is 67.3 Å². The summed E-state index contributed by atoms with van der Waals surface area (Å²) in [6.45, 7) is 8.78. The summed E-state index contributed by atoms with van der Waals surface area (Å²) in [5.74, 6) is 0.522. The van der Waals surface area contributed by atoms with Crippen molar-refractivity contribution in [3.05, 3.63) is 64.7 Å². The first-order valence-electron chi connectivity index (χ1n) is 16.9. The number of ether oxygens (including phenoxy) is 3. The number of nitrogens with one attached hydrogen (secondary N) is 2. The Hall–Kier alpha value is -3.12. The van der Waals surface area contributed by atoms with Crippen molar-refractivity contribution in [3.63, 3.8) is 0 Å². The second-order valence-corrected chi connectivity index (χ2v) is 16.7. The molecule has 6 rings (SSSR count). The third-order valence-corrected chi connectivity index (χ3v) is 12.2. The number of anilines is 1. The second kappa shape index (κ2) is 13.7.